The van der Waals surface area contributed by atoms with Gasteiger partial charge < -0.3 is 15.6 Å². The highest BCUT2D eigenvalue weighted by atomic mass is 16.2. The summed E-state index contributed by atoms with van der Waals surface area (Å²) in [5.41, 5.74) is 7.25. The molecule has 92 valence electrons. The summed E-state index contributed by atoms with van der Waals surface area (Å²) in [4.78, 5) is 23.0. The van der Waals surface area contributed by atoms with Gasteiger partial charge in [-0.1, -0.05) is 6.07 Å². The molecule has 5 heteroatoms. The third-order valence-electron chi connectivity index (χ3n) is 3.36. The molecule has 18 heavy (non-hydrogen) atoms. The second-order valence-corrected chi connectivity index (χ2v) is 4.60. The van der Waals surface area contributed by atoms with Gasteiger partial charge in [0.1, 0.15) is 5.69 Å². The highest BCUT2D eigenvalue weighted by Crippen LogP contribution is 2.27. The minimum Gasteiger partial charge on any atom is -0.366 e. The predicted molar refractivity (Wildman–Crippen MR) is 67.5 cm³/mol. The first-order valence-electron chi connectivity index (χ1n) is 5.81. The molecular weight excluding hydrogens is 230 g/mol. The Morgan fingerprint density at radius 1 is 1.44 bits per heavy atom. The number of fused-ring (bicyclic) bond motifs is 3. The zero-order valence-electron chi connectivity index (χ0n) is 9.93. The van der Waals surface area contributed by atoms with Crippen molar-refractivity contribution in [3.05, 3.63) is 35.5 Å². The number of nitrogens with one attached hydrogen (secondary N) is 1. The number of rotatable bonds is 1. The fourth-order valence-corrected chi connectivity index (χ4v) is 2.45. The van der Waals surface area contributed by atoms with Gasteiger partial charge in [-0.2, -0.15) is 0 Å². The van der Waals surface area contributed by atoms with Crippen molar-refractivity contribution in [3.8, 4) is 0 Å². The van der Waals surface area contributed by atoms with Crippen LogP contribution in [0.25, 0.3) is 10.9 Å². The Labute approximate surface area is 104 Å². The summed E-state index contributed by atoms with van der Waals surface area (Å²) in [6, 6.07) is 7.25. The van der Waals surface area contributed by atoms with E-state index in [1.807, 2.05) is 23.6 Å². The van der Waals surface area contributed by atoms with Gasteiger partial charge in [0.05, 0.1) is 0 Å². The van der Waals surface area contributed by atoms with E-state index in [0.717, 1.165) is 10.9 Å². The first-order chi connectivity index (χ1) is 8.58. The van der Waals surface area contributed by atoms with Crippen molar-refractivity contribution < 1.29 is 9.59 Å². The number of hydrogen-bond acceptors (Lipinski definition) is 2. The second kappa shape index (κ2) is 3.60. The van der Waals surface area contributed by atoms with Gasteiger partial charge in [-0.05, 0) is 25.1 Å². The van der Waals surface area contributed by atoms with Crippen LogP contribution in [0.15, 0.2) is 24.3 Å². The van der Waals surface area contributed by atoms with E-state index in [2.05, 4.69) is 5.32 Å². The average Bonchev–Trinajstić information content (AvgIpc) is 2.73. The molecule has 0 aliphatic carbocycles. The normalized spacial score (nSPS) is 18.5. The Morgan fingerprint density at radius 2 is 2.22 bits per heavy atom. The van der Waals surface area contributed by atoms with E-state index in [-0.39, 0.29) is 11.9 Å². The van der Waals surface area contributed by atoms with Crippen molar-refractivity contribution >= 4 is 22.7 Å². The van der Waals surface area contributed by atoms with Crippen LogP contribution in [0.3, 0.4) is 0 Å². The molecule has 1 aliphatic rings. The van der Waals surface area contributed by atoms with E-state index in [1.165, 1.54) is 0 Å². The molecule has 2 amide bonds. The van der Waals surface area contributed by atoms with Crippen LogP contribution < -0.4 is 11.1 Å². The number of carbonyl (C=O) groups excluding carboxylic acids is 2. The second-order valence-electron chi connectivity index (χ2n) is 4.60. The van der Waals surface area contributed by atoms with Crippen LogP contribution in [0, 0.1) is 0 Å². The molecule has 0 fully saturated rings. The molecule has 1 aliphatic heterocycles. The molecule has 0 radical (unpaired) electrons. The number of aromatic nitrogens is 1. The van der Waals surface area contributed by atoms with E-state index in [9.17, 15) is 9.59 Å². The summed E-state index contributed by atoms with van der Waals surface area (Å²) in [5.74, 6) is -0.537. The lowest BCUT2D eigenvalue weighted by Gasteiger charge is -2.24. The predicted octanol–water partition coefficient (Wildman–Crippen LogP) is 1.04. The van der Waals surface area contributed by atoms with E-state index in [4.69, 9.17) is 5.73 Å². The summed E-state index contributed by atoms with van der Waals surface area (Å²) in [6.07, 6.45) is 0. The van der Waals surface area contributed by atoms with Crippen molar-refractivity contribution in [3.63, 3.8) is 0 Å². The maximum Gasteiger partial charge on any atom is 0.268 e. The molecule has 3 rings (SSSR count). The SMILES string of the molecule is CC1CNC(=O)c2cc3ccc(C(N)=O)cc3n21. The minimum atomic E-state index is -0.458. The maximum absolute atomic E-state index is 11.8. The zero-order valence-corrected chi connectivity index (χ0v) is 9.93. The smallest absolute Gasteiger partial charge is 0.268 e. The largest absolute Gasteiger partial charge is 0.366 e. The number of amides is 2. The molecule has 5 nitrogen and oxygen atoms in total. The molecule has 3 N–H and O–H groups in total. The van der Waals surface area contributed by atoms with E-state index in [0.29, 0.717) is 17.8 Å². The summed E-state index contributed by atoms with van der Waals surface area (Å²) < 4.78 is 1.96. The van der Waals surface area contributed by atoms with Gasteiger partial charge in [-0.3, -0.25) is 9.59 Å². The van der Waals surface area contributed by atoms with E-state index < -0.39 is 5.91 Å². The van der Waals surface area contributed by atoms with E-state index in [1.54, 1.807) is 12.1 Å². The van der Waals surface area contributed by atoms with Gasteiger partial charge in [-0.25, -0.2) is 0 Å². The van der Waals surface area contributed by atoms with Crippen LogP contribution in [0.4, 0.5) is 0 Å². The minimum absolute atomic E-state index is 0.0788. The molecular formula is C13H13N3O2. The highest BCUT2D eigenvalue weighted by molar-refractivity contribution is 6.02. The first kappa shape index (κ1) is 10.8. The Hall–Kier alpha value is -2.30. The van der Waals surface area contributed by atoms with Gasteiger partial charge in [-0.15, -0.1) is 0 Å². The van der Waals surface area contributed by atoms with Crippen molar-refractivity contribution in [1.82, 2.24) is 9.88 Å². The van der Waals surface area contributed by atoms with Crippen LogP contribution in [0.5, 0.6) is 0 Å². The number of primary amides is 1. The third kappa shape index (κ3) is 1.40. The standard InChI is InChI=1S/C13H13N3O2/c1-7-6-15-13(18)11-4-8-2-3-9(12(14)17)5-10(8)16(7)11/h2-5,7H,6H2,1H3,(H2,14,17)(H,15,18). The van der Waals surface area contributed by atoms with Crippen LogP contribution in [0.1, 0.15) is 33.8 Å². The summed E-state index contributed by atoms with van der Waals surface area (Å²) in [5, 5.41) is 3.78. The molecule has 1 aromatic heterocycles. The maximum atomic E-state index is 11.8. The summed E-state index contributed by atoms with van der Waals surface area (Å²) in [7, 11) is 0. The average molecular weight is 243 g/mol. The molecule has 2 heterocycles. The Bertz CT molecular complexity index is 672. The lowest BCUT2D eigenvalue weighted by Crippen LogP contribution is -2.37. The van der Waals surface area contributed by atoms with Gasteiger partial charge >= 0.3 is 0 Å². The van der Waals surface area contributed by atoms with Crippen molar-refractivity contribution in [2.24, 2.45) is 5.73 Å². The molecule has 1 atom stereocenters. The van der Waals surface area contributed by atoms with E-state index >= 15 is 0 Å². The molecule has 0 saturated heterocycles. The number of benzene rings is 1. The summed E-state index contributed by atoms with van der Waals surface area (Å²) >= 11 is 0. The lowest BCUT2D eigenvalue weighted by atomic mass is 10.1. The molecule has 1 unspecified atom stereocenters. The van der Waals surface area contributed by atoms with Gasteiger partial charge in [0.25, 0.3) is 5.91 Å². The molecule has 0 bridgehead atoms. The van der Waals surface area contributed by atoms with Crippen molar-refractivity contribution in [2.45, 2.75) is 13.0 Å². The fourth-order valence-electron chi connectivity index (χ4n) is 2.45. The molecule has 2 aromatic rings. The van der Waals surface area contributed by atoms with Crippen LogP contribution >= 0.6 is 0 Å². The fraction of sp³-hybridized carbons (Fsp3) is 0.231. The quantitative estimate of drug-likeness (QED) is 0.785. The Kier molecular flexibility index (Phi) is 2.16. The summed E-state index contributed by atoms with van der Waals surface area (Å²) in [6.45, 7) is 2.62. The number of nitrogens with two attached hydrogens (primary N) is 1. The van der Waals surface area contributed by atoms with Crippen LogP contribution in [0.2, 0.25) is 0 Å². The zero-order chi connectivity index (χ0) is 12.9. The van der Waals surface area contributed by atoms with Crippen LogP contribution in [-0.2, 0) is 0 Å². The molecule has 1 aromatic carbocycles. The first-order valence-corrected chi connectivity index (χ1v) is 5.81. The van der Waals surface area contributed by atoms with Crippen LogP contribution in [-0.4, -0.2) is 22.9 Å². The third-order valence-corrected chi connectivity index (χ3v) is 3.36. The lowest BCUT2D eigenvalue weighted by molar-refractivity contribution is 0.0918. The topological polar surface area (TPSA) is 77.1 Å². The number of nitrogens with zero attached hydrogens (tertiary/aromatic N) is 1. The number of hydrogen-bond donors (Lipinski definition) is 2. The Balaban J connectivity index is 2.32. The highest BCUT2D eigenvalue weighted by Gasteiger charge is 2.24. The van der Waals surface area contributed by atoms with Gasteiger partial charge in [0.15, 0.2) is 0 Å². The van der Waals surface area contributed by atoms with Crippen molar-refractivity contribution in [1.29, 1.82) is 0 Å². The molecule has 0 spiro atoms. The van der Waals surface area contributed by atoms with Gasteiger partial charge in [0.2, 0.25) is 5.91 Å². The monoisotopic (exact) mass is 243 g/mol. The molecule has 0 saturated carbocycles. The number of carbonyl (C=O) groups is 2. The van der Waals surface area contributed by atoms with Gasteiger partial charge in [0, 0.05) is 29.1 Å². The van der Waals surface area contributed by atoms with Crippen molar-refractivity contribution in [2.75, 3.05) is 6.54 Å². The Morgan fingerprint density at radius 3 is 2.94 bits per heavy atom.